The molecule has 0 saturated heterocycles. The summed E-state index contributed by atoms with van der Waals surface area (Å²) >= 11 is 0. The van der Waals surface area contributed by atoms with Gasteiger partial charge in [-0.15, -0.1) is 0 Å². The normalized spacial score (nSPS) is 12.3. The number of nitrogen functional groups attached to an aromatic ring is 1. The molecule has 0 aliphatic heterocycles. The molecule has 0 saturated carbocycles. The van der Waals surface area contributed by atoms with Crippen molar-refractivity contribution < 1.29 is 4.39 Å². The van der Waals surface area contributed by atoms with Crippen LogP contribution in [0.25, 0.3) is 39.3 Å². The maximum Gasteiger partial charge on any atom is 0.184 e. The third-order valence-electron chi connectivity index (χ3n) is 5.79. The number of aromatic amines is 2. The van der Waals surface area contributed by atoms with E-state index in [0.717, 1.165) is 16.7 Å². The molecule has 5 aromatic rings. The molecule has 10 heteroatoms. The van der Waals surface area contributed by atoms with Gasteiger partial charge in [-0.1, -0.05) is 24.3 Å². The van der Waals surface area contributed by atoms with E-state index in [9.17, 15) is 0 Å². The van der Waals surface area contributed by atoms with Crippen molar-refractivity contribution in [3.63, 3.8) is 0 Å². The number of nitrogens with one attached hydrogen (secondary N) is 2. The van der Waals surface area contributed by atoms with Crippen LogP contribution in [0, 0.1) is 5.82 Å². The fraction of sp³-hybridized carbons (Fsp3) is 0.148. The van der Waals surface area contributed by atoms with Crippen molar-refractivity contribution in [2.75, 3.05) is 19.8 Å². The molecule has 0 unspecified atom stereocenters. The molecule has 5 rings (SSSR count). The van der Waals surface area contributed by atoms with Crippen LogP contribution < -0.4 is 5.73 Å². The number of H-pyrrole nitrogens is 2. The molecule has 0 aromatic carbocycles. The van der Waals surface area contributed by atoms with E-state index in [1.165, 1.54) is 6.20 Å². The molecule has 186 valence electrons. The number of imidazole rings is 1. The third-order valence-corrected chi connectivity index (χ3v) is 5.79. The van der Waals surface area contributed by atoms with E-state index >= 15 is 4.39 Å². The third kappa shape index (κ3) is 4.74. The molecule has 0 atom stereocenters. The first-order valence-electron chi connectivity index (χ1n) is 11.7. The summed E-state index contributed by atoms with van der Waals surface area (Å²) in [6.07, 6.45) is 14.1. The van der Waals surface area contributed by atoms with Gasteiger partial charge in [0, 0.05) is 59.8 Å². The number of halogens is 1. The van der Waals surface area contributed by atoms with Crippen LogP contribution >= 0.6 is 0 Å². The van der Waals surface area contributed by atoms with Gasteiger partial charge in [0.15, 0.2) is 11.5 Å². The van der Waals surface area contributed by atoms with Crippen molar-refractivity contribution in [2.24, 2.45) is 0 Å². The lowest BCUT2D eigenvalue weighted by Crippen LogP contribution is -2.10. The Labute approximate surface area is 213 Å². The van der Waals surface area contributed by atoms with E-state index in [4.69, 9.17) is 5.73 Å². The Kier molecular flexibility index (Phi) is 6.57. The first kappa shape index (κ1) is 24.0. The summed E-state index contributed by atoms with van der Waals surface area (Å²) in [5, 5.41) is 7.30. The van der Waals surface area contributed by atoms with Gasteiger partial charge in [-0.2, -0.15) is 5.10 Å². The summed E-state index contributed by atoms with van der Waals surface area (Å²) in [6.45, 7) is 2.61. The Morgan fingerprint density at radius 1 is 1.16 bits per heavy atom. The monoisotopic (exact) mass is 495 g/mol. The Hall–Kier alpha value is -4.70. The minimum absolute atomic E-state index is 0.219. The van der Waals surface area contributed by atoms with E-state index in [-0.39, 0.29) is 16.9 Å². The van der Waals surface area contributed by atoms with Gasteiger partial charge in [0.2, 0.25) is 0 Å². The number of fused-ring (bicyclic) bond motifs is 1. The maximum atomic E-state index is 16.0. The number of hydrogen-bond acceptors (Lipinski definition) is 7. The van der Waals surface area contributed by atoms with Gasteiger partial charge in [0.05, 0.1) is 11.1 Å². The summed E-state index contributed by atoms with van der Waals surface area (Å²) in [5.74, 6) is 0.149. The van der Waals surface area contributed by atoms with Gasteiger partial charge in [-0.05, 0) is 38.7 Å². The predicted molar refractivity (Wildman–Crippen MR) is 143 cm³/mol. The molecule has 37 heavy (non-hydrogen) atoms. The van der Waals surface area contributed by atoms with Crippen molar-refractivity contribution in [1.82, 2.24) is 40.0 Å². The average Bonchev–Trinajstić information content (AvgIpc) is 3.49. The lowest BCUT2D eigenvalue weighted by molar-refractivity contribution is 0.402. The summed E-state index contributed by atoms with van der Waals surface area (Å²) in [4.78, 5) is 22.7. The SMILES string of the molecule is CC=C/C=C(/c1cccnc1)c1[nH]c(-c2[nH]nc3ncc(-c4cncc(CN(C)C)c4)c(F)c23)nc1N. The van der Waals surface area contributed by atoms with Crippen molar-refractivity contribution in [3.05, 3.63) is 90.0 Å². The lowest BCUT2D eigenvalue weighted by Gasteiger charge is -2.11. The van der Waals surface area contributed by atoms with Gasteiger partial charge in [0.25, 0.3) is 0 Å². The van der Waals surface area contributed by atoms with Gasteiger partial charge < -0.3 is 15.6 Å². The number of anilines is 1. The first-order valence-corrected chi connectivity index (χ1v) is 11.7. The van der Waals surface area contributed by atoms with Crippen LogP contribution in [0.2, 0.25) is 0 Å². The number of rotatable bonds is 7. The molecule has 4 N–H and O–H groups in total. The Morgan fingerprint density at radius 2 is 2.03 bits per heavy atom. The van der Waals surface area contributed by atoms with Crippen LogP contribution in [0.5, 0.6) is 0 Å². The zero-order chi connectivity index (χ0) is 25.9. The smallest absolute Gasteiger partial charge is 0.184 e. The minimum Gasteiger partial charge on any atom is -0.382 e. The number of hydrogen-bond donors (Lipinski definition) is 3. The van der Waals surface area contributed by atoms with E-state index in [0.29, 0.717) is 34.9 Å². The molecule has 0 aliphatic rings. The Balaban J connectivity index is 1.61. The number of aromatic nitrogens is 7. The van der Waals surface area contributed by atoms with Crippen LogP contribution in [0.3, 0.4) is 0 Å². The second-order valence-corrected chi connectivity index (χ2v) is 8.80. The molecule has 5 aromatic heterocycles. The van der Waals surface area contributed by atoms with E-state index < -0.39 is 5.82 Å². The first-order chi connectivity index (χ1) is 18.0. The van der Waals surface area contributed by atoms with Crippen molar-refractivity contribution >= 4 is 22.4 Å². The highest BCUT2D eigenvalue weighted by molar-refractivity contribution is 5.94. The van der Waals surface area contributed by atoms with Crippen LogP contribution in [0.4, 0.5) is 10.2 Å². The molecule has 0 fully saturated rings. The van der Waals surface area contributed by atoms with Crippen molar-refractivity contribution in [1.29, 1.82) is 0 Å². The minimum atomic E-state index is -0.467. The number of pyridine rings is 3. The molecule has 0 bridgehead atoms. The zero-order valence-corrected chi connectivity index (χ0v) is 20.7. The molecule has 0 aliphatic carbocycles. The predicted octanol–water partition coefficient (Wildman–Crippen LogP) is 4.60. The molecular formula is C27H26FN9. The standard InChI is InChI=1S/C27H26FN9/c1-4-5-8-19(17-7-6-9-30-12-17)23-25(29)34-27(33-23)24-21-22(28)20(14-32-26(21)36-35-24)18-10-16(11-31-13-18)15-37(2)3/h4-14H,15,29H2,1-3H3,(H,33,34)(H,32,35,36)/b5-4?,19-8-. The zero-order valence-electron chi connectivity index (χ0n) is 20.7. The van der Waals surface area contributed by atoms with Crippen LogP contribution in [0.15, 0.2) is 67.4 Å². The van der Waals surface area contributed by atoms with Gasteiger partial charge >= 0.3 is 0 Å². The molecule has 9 nitrogen and oxygen atoms in total. The highest BCUT2D eigenvalue weighted by Gasteiger charge is 2.22. The molecule has 0 spiro atoms. The summed E-state index contributed by atoms with van der Waals surface area (Å²) in [5.41, 5.74) is 11.1. The van der Waals surface area contributed by atoms with Crippen LogP contribution in [-0.4, -0.2) is 54.1 Å². The van der Waals surface area contributed by atoms with Crippen LogP contribution in [0.1, 0.15) is 23.7 Å². The highest BCUT2D eigenvalue weighted by Crippen LogP contribution is 2.34. The van der Waals surface area contributed by atoms with Crippen molar-refractivity contribution in [2.45, 2.75) is 13.5 Å². The Bertz CT molecular complexity index is 1610. The molecule has 0 radical (unpaired) electrons. The number of nitrogens with zero attached hydrogens (tertiary/aromatic N) is 6. The summed E-state index contributed by atoms with van der Waals surface area (Å²) < 4.78 is 16.0. The van der Waals surface area contributed by atoms with Crippen molar-refractivity contribution in [3.8, 4) is 22.6 Å². The van der Waals surface area contributed by atoms with Crippen LogP contribution in [-0.2, 0) is 6.54 Å². The van der Waals surface area contributed by atoms with Gasteiger partial charge in [-0.3, -0.25) is 15.1 Å². The van der Waals surface area contributed by atoms with Gasteiger partial charge in [0.1, 0.15) is 17.3 Å². The average molecular weight is 496 g/mol. The fourth-order valence-electron chi connectivity index (χ4n) is 4.16. The van der Waals surface area contributed by atoms with E-state index in [1.807, 2.05) is 62.3 Å². The highest BCUT2D eigenvalue weighted by atomic mass is 19.1. The van der Waals surface area contributed by atoms with Gasteiger partial charge in [-0.25, -0.2) is 14.4 Å². The molecule has 0 amide bonds. The number of nitrogens with two attached hydrogens (primary N) is 1. The summed E-state index contributed by atoms with van der Waals surface area (Å²) in [7, 11) is 3.94. The second kappa shape index (κ2) is 10.1. The Morgan fingerprint density at radius 3 is 2.78 bits per heavy atom. The molecular weight excluding hydrogens is 469 g/mol. The summed E-state index contributed by atoms with van der Waals surface area (Å²) in [6, 6.07) is 5.69. The van der Waals surface area contributed by atoms with E-state index in [2.05, 4.69) is 35.1 Å². The largest absolute Gasteiger partial charge is 0.382 e. The number of allylic oxidation sites excluding steroid dienone is 3. The quantitative estimate of drug-likeness (QED) is 0.282. The lowest BCUT2D eigenvalue weighted by atomic mass is 10.0. The van der Waals surface area contributed by atoms with E-state index in [1.54, 1.807) is 24.8 Å². The fourth-order valence-corrected chi connectivity index (χ4v) is 4.16. The topological polar surface area (TPSA) is 125 Å². The maximum absolute atomic E-state index is 16.0. The molecule has 5 heterocycles. The second-order valence-electron chi connectivity index (χ2n) is 8.80.